The fourth-order valence-corrected chi connectivity index (χ4v) is 5.43. The van der Waals surface area contributed by atoms with Gasteiger partial charge in [0.05, 0.1) is 13.1 Å². The summed E-state index contributed by atoms with van der Waals surface area (Å²) in [6, 6.07) is 14.7. The van der Waals surface area contributed by atoms with Crippen molar-refractivity contribution < 1.29 is 32.3 Å². The van der Waals surface area contributed by atoms with Crippen LogP contribution in [-0.4, -0.2) is 53.7 Å². The Kier molecular flexibility index (Phi) is 6.78. The number of rotatable bonds is 7. The molecule has 0 N–H and O–H groups in total. The highest BCUT2D eigenvalue weighted by atomic mass is 19.1. The van der Waals surface area contributed by atoms with Crippen molar-refractivity contribution in [2.75, 3.05) is 26.2 Å². The molecular weight excluding hydrogens is 466 g/mol. The van der Waals surface area contributed by atoms with Gasteiger partial charge in [-0.1, -0.05) is 24.3 Å². The van der Waals surface area contributed by atoms with Crippen molar-refractivity contribution in [3.63, 3.8) is 0 Å². The number of aromatic nitrogens is 1. The Labute approximate surface area is 208 Å². The van der Waals surface area contributed by atoms with Crippen molar-refractivity contribution in [2.24, 2.45) is 5.92 Å². The van der Waals surface area contributed by atoms with Gasteiger partial charge >= 0.3 is 6.16 Å². The maximum absolute atomic E-state index is 13.9. The quantitative estimate of drug-likeness (QED) is 0.261. The first-order valence-electron chi connectivity index (χ1n) is 12.1. The molecule has 3 fully saturated rings. The first-order chi connectivity index (χ1) is 17.4. The molecule has 8 heteroatoms. The van der Waals surface area contributed by atoms with Crippen LogP contribution >= 0.6 is 0 Å². The number of ether oxygens (including phenoxy) is 2. The Hall–Kier alpha value is -3.65. The number of ketones is 1. The SMILES string of the molecule is O=C(OC(c1cccc(F)c1)c1cccc(F)c1)OC1C[N+]2(CC(=O)c3ccncc3)CCC1CC2. The molecule has 6 nitrogen and oxygen atoms in total. The van der Waals surface area contributed by atoms with Gasteiger partial charge in [0.25, 0.3) is 0 Å². The van der Waals surface area contributed by atoms with Crippen LogP contribution < -0.4 is 0 Å². The van der Waals surface area contributed by atoms with Crippen LogP contribution in [0.5, 0.6) is 0 Å². The second-order valence-corrected chi connectivity index (χ2v) is 9.64. The molecule has 0 spiro atoms. The standard InChI is InChI=1S/C28H27F2N2O4/c29-23-5-1-3-21(15-23)27(22-4-2-6-24(30)16-22)36-28(34)35-26-18-32(13-9-20(26)10-14-32)17-25(33)19-7-11-31-12-8-19/h1-8,11-12,15-16,20,26-27H,9-10,13-14,17-18H2/q+1. The van der Waals surface area contributed by atoms with Crippen LogP contribution in [0.1, 0.15) is 40.4 Å². The Bertz CT molecular complexity index is 1200. The number of Topliss-reactive ketones (excluding diaryl/α,β-unsaturated/α-hetero) is 1. The van der Waals surface area contributed by atoms with E-state index in [-0.39, 0.29) is 11.7 Å². The molecule has 186 valence electrons. The molecule has 6 rings (SSSR count). The Balaban J connectivity index is 1.30. The van der Waals surface area contributed by atoms with E-state index in [1.54, 1.807) is 36.7 Å². The molecule has 1 atom stereocenters. The van der Waals surface area contributed by atoms with E-state index in [1.165, 1.54) is 36.4 Å². The molecule has 0 radical (unpaired) electrons. The van der Waals surface area contributed by atoms with Crippen LogP contribution in [0, 0.1) is 17.6 Å². The number of piperidine rings is 3. The van der Waals surface area contributed by atoms with E-state index >= 15 is 0 Å². The van der Waals surface area contributed by atoms with Gasteiger partial charge in [0.15, 0.2) is 12.2 Å². The number of carbonyl (C=O) groups is 2. The first-order valence-corrected chi connectivity index (χ1v) is 12.1. The van der Waals surface area contributed by atoms with E-state index in [2.05, 4.69) is 4.98 Å². The van der Waals surface area contributed by atoms with Crippen molar-refractivity contribution in [2.45, 2.75) is 25.0 Å². The van der Waals surface area contributed by atoms with E-state index in [9.17, 15) is 18.4 Å². The van der Waals surface area contributed by atoms with Gasteiger partial charge in [0, 0.05) is 47.8 Å². The normalized spacial score (nSPS) is 22.9. The van der Waals surface area contributed by atoms with E-state index < -0.39 is 30.0 Å². The molecule has 4 heterocycles. The molecule has 2 aromatic carbocycles. The summed E-state index contributed by atoms with van der Waals surface area (Å²) in [6.45, 7) is 2.57. The molecule has 3 aliphatic heterocycles. The number of pyridine rings is 1. The maximum Gasteiger partial charge on any atom is 0.509 e. The van der Waals surface area contributed by atoms with Crippen molar-refractivity contribution in [3.8, 4) is 0 Å². The third kappa shape index (κ3) is 5.28. The summed E-state index contributed by atoms with van der Waals surface area (Å²) in [5.41, 5.74) is 1.37. The van der Waals surface area contributed by atoms with Crippen LogP contribution in [0.2, 0.25) is 0 Å². The van der Waals surface area contributed by atoms with Crippen molar-refractivity contribution in [1.29, 1.82) is 0 Å². The summed E-state index contributed by atoms with van der Waals surface area (Å²) < 4.78 is 39.8. The van der Waals surface area contributed by atoms with Crippen LogP contribution in [0.3, 0.4) is 0 Å². The number of nitrogens with zero attached hydrogens (tertiary/aromatic N) is 2. The summed E-state index contributed by atoms with van der Waals surface area (Å²) in [6.07, 6.45) is 2.58. The molecule has 1 unspecified atom stereocenters. The van der Waals surface area contributed by atoms with Crippen LogP contribution in [0.25, 0.3) is 0 Å². The van der Waals surface area contributed by atoms with Gasteiger partial charge in [-0.05, 0) is 36.4 Å². The highest BCUT2D eigenvalue weighted by Gasteiger charge is 2.49. The fourth-order valence-electron chi connectivity index (χ4n) is 5.43. The highest BCUT2D eigenvalue weighted by molar-refractivity contribution is 5.96. The second-order valence-electron chi connectivity index (χ2n) is 9.64. The molecule has 3 saturated heterocycles. The number of quaternary nitrogens is 1. The number of halogens is 2. The molecule has 2 bridgehead atoms. The lowest BCUT2D eigenvalue weighted by Gasteiger charge is -2.51. The third-order valence-electron chi connectivity index (χ3n) is 7.29. The van der Waals surface area contributed by atoms with Gasteiger partial charge in [0.1, 0.15) is 24.7 Å². The number of hydrogen-bond donors (Lipinski definition) is 0. The minimum atomic E-state index is -1.03. The molecule has 0 saturated carbocycles. The van der Waals surface area contributed by atoms with Crippen molar-refractivity contribution in [3.05, 3.63) is 101 Å². The molecule has 0 aliphatic carbocycles. The lowest BCUT2D eigenvalue weighted by Crippen LogP contribution is -2.65. The molecule has 3 aromatic rings. The summed E-state index contributed by atoms with van der Waals surface area (Å²) in [5, 5.41) is 0. The number of benzene rings is 2. The zero-order valence-electron chi connectivity index (χ0n) is 19.7. The summed E-state index contributed by atoms with van der Waals surface area (Å²) in [4.78, 5) is 29.8. The Morgan fingerprint density at radius 1 is 0.944 bits per heavy atom. The van der Waals surface area contributed by atoms with Gasteiger partial charge in [-0.3, -0.25) is 9.78 Å². The second kappa shape index (κ2) is 10.1. The molecule has 3 aliphatic rings. The monoisotopic (exact) mass is 493 g/mol. The van der Waals surface area contributed by atoms with Gasteiger partial charge in [0.2, 0.25) is 5.78 Å². The van der Waals surface area contributed by atoms with Crippen molar-refractivity contribution in [1.82, 2.24) is 4.98 Å². The van der Waals surface area contributed by atoms with Crippen LogP contribution in [0.4, 0.5) is 13.6 Å². The molecule has 36 heavy (non-hydrogen) atoms. The van der Waals surface area contributed by atoms with Gasteiger partial charge < -0.3 is 14.0 Å². The minimum absolute atomic E-state index is 0.0383. The zero-order chi connectivity index (χ0) is 25.1. The van der Waals surface area contributed by atoms with Gasteiger partial charge in [-0.2, -0.15) is 0 Å². The lowest BCUT2D eigenvalue weighted by atomic mass is 9.83. The maximum atomic E-state index is 13.9. The number of fused-ring (bicyclic) bond motifs is 3. The predicted molar refractivity (Wildman–Crippen MR) is 127 cm³/mol. The molecule has 1 aromatic heterocycles. The van der Waals surface area contributed by atoms with Gasteiger partial charge in [-0.15, -0.1) is 0 Å². The Morgan fingerprint density at radius 2 is 1.56 bits per heavy atom. The van der Waals surface area contributed by atoms with E-state index in [1.807, 2.05) is 0 Å². The largest absolute Gasteiger partial charge is 0.509 e. The molecular formula is C28H27F2N2O4+. The van der Waals surface area contributed by atoms with Crippen LogP contribution in [0.15, 0.2) is 73.1 Å². The number of carbonyl (C=O) groups excluding carboxylic acids is 2. The predicted octanol–water partition coefficient (Wildman–Crippen LogP) is 5.09. The summed E-state index contributed by atoms with van der Waals surface area (Å²) in [7, 11) is 0. The van der Waals surface area contributed by atoms with E-state index in [4.69, 9.17) is 9.47 Å². The summed E-state index contributed by atoms with van der Waals surface area (Å²) >= 11 is 0. The van der Waals surface area contributed by atoms with Crippen LogP contribution in [-0.2, 0) is 9.47 Å². The lowest BCUT2D eigenvalue weighted by molar-refractivity contribution is -0.938. The third-order valence-corrected chi connectivity index (χ3v) is 7.29. The average molecular weight is 494 g/mol. The number of hydrogen-bond acceptors (Lipinski definition) is 5. The topological polar surface area (TPSA) is 65.5 Å². The van der Waals surface area contributed by atoms with Crippen molar-refractivity contribution >= 4 is 11.9 Å². The first kappa shape index (κ1) is 24.1. The summed E-state index contributed by atoms with van der Waals surface area (Å²) in [5.74, 6) is -0.756. The zero-order valence-corrected chi connectivity index (χ0v) is 19.7. The highest BCUT2D eigenvalue weighted by Crippen LogP contribution is 2.36. The van der Waals surface area contributed by atoms with E-state index in [0.717, 1.165) is 25.9 Å². The van der Waals surface area contributed by atoms with E-state index in [0.29, 0.717) is 34.3 Å². The average Bonchev–Trinajstić information content (AvgIpc) is 2.88. The minimum Gasteiger partial charge on any atom is -0.425 e. The smallest absolute Gasteiger partial charge is 0.425 e. The van der Waals surface area contributed by atoms with Gasteiger partial charge in [-0.25, -0.2) is 13.6 Å². The Morgan fingerprint density at radius 3 is 2.14 bits per heavy atom. The molecule has 0 amide bonds. The fraction of sp³-hybridized carbons (Fsp3) is 0.321.